The lowest BCUT2D eigenvalue weighted by Crippen LogP contribution is -2.18. The molecule has 0 heterocycles. The fraction of sp³-hybridized carbons (Fsp3) is 0.300. The van der Waals surface area contributed by atoms with Gasteiger partial charge in [0.05, 0.1) is 24.3 Å². The van der Waals surface area contributed by atoms with Crippen LogP contribution in [-0.4, -0.2) is 30.4 Å². The number of rotatable bonds is 8. The quantitative estimate of drug-likeness (QED) is 0.675. The Morgan fingerprint density at radius 2 is 1.70 bits per heavy atom. The Hall–Kier alpha value is -2.18. The van der Waals surface area contributed by atoms with Crippen molar-refractivity contribution in [2.24, 2.45) is 0 Å². The number of anilines is 2. The fourth-order valence-electron chi connectivity index (χ4n) is 2.37. The molecule has 5 nitrogen and oxygen atoms in total. The molecule has 0 saturated carbocycles. The predicted octanol–water partition coefficient (Wildman–Crippen LogP) is 4.53. The van der Waals surface area contributed by atoms with Gasteiger partial charge < -0.3 is 15.4 Å². The molecule has 0 spiro atoms. The van der Waals surface area contributed by atoms with Crippen LogP contribution in [0.3, 0.4) is 0 Å². The summed E-state index contributed by atoms with van der Waals surface area (Å²) < 4.78 is 5.24. The van der Waals surface area contributed by atoms with E-state index in [1.165, 1.54) is 24.4 Å². The molecule has 2 amide bonds. The van der Waals surface area contributed by atoms with E-state index < -0.39 is 0 Å². The maximum Gasteiger partial charge on any atom is 0.234 e. The van der Waals surface area contributed by atoms with E-state index in [4.69, 9.17) is 16.3 Å². The minimum absolute atomic E-state index is 0.142. The van der Waals surface area contributed by atoms with Crippen LogP contribution in [0.4, 0.5) is 11.4 Å². The normalized spacial score (nSPS) is 10.4. The van der Waals surface area contributed by atoms with Crippen LogP contribution in [0.25, 0.3) is 0 Å². The zero-order valence-corrected chi connectivity index (χ0v) is 17.2. The summed E-state index contributed by atoms with van der Waals surface area (Å²) in [5.41, 5.74) is 3.37. The summed E-state index contributed by atoms with van der Waals surface area (Å²) in [7, 11) is 1.52. The van der Waals surface area contributed by atoms with E-state index in [0.717, 1.165) is 17.7 Å². The average Bonchev–Trinajstić information content (AvgIpc) is 2.65. The van der Waals surface area contributed by atoms with Crippen LogP contribution in [-0.2, 0) is 16.0 Å². The van der Waals surface area contributed by atoms with E-state index in [9.17, 15) is 9.59 Å². The van der Waals surface area contributed by atoms with E-state index in [1.807, 2.05) is 31.2 Å². The Balaban J connectivity index is 1.80. The largest absolute Gasteiger partial charge is 0.495 e. The number of amides is 2. The number of hydrogen-bond donors (Lipinski definition) is 2. The first-order valence-corrected chi connectivity index (χ1v) is 10.1. The van der Waals surface area contributed by atoms with E-state index in [2.05, 4.69) is 17.6 Å². The molecular formula is C20H23ClN2O3S. The van der Waals surface area contributed by atoms with Crippen molar-refractivity contribution in [2.75, 3.05) is 29.2 Å². The second-order valence-electron chi connectivity index (χ2n) is 5.94. The molecule has 0 saturated heterocycles. The predicted molar refractivity (Wildman–Crippen MR) is 113 cm³/mol. The summed E-state index contributed by atoms with van der Waals surface area (Å²) in [6.07, 6.45) is 0.955. The van der Waals surface area contributed by atoms with E-state index in [-0.39, 0.29) is 23.3 Å². The highest BCUT2D eigenvalue weighted by molar-refractivity contribution is 8.00. The number of carbonyl (C=O) groups excluding carboxylic acids is 2. The molecule has 144 valence electrons. The first kappa shape index (κ1) is 21.1. The molecule has 2 aromatic rings. The monoisotopic (exact) mass is 406 g/mol. The summed E-state index contributed by atoms with van der Waals surface area (Å²) >= 11 is 7.31. The summed E-state index contributed by atoms with van der Waals surface area (Å²) in [4.78, 5) is 24.1. The van der Waals surface area contributed by atoms with Gasteiger partial charge in [0, 0.05) is 16.8 Å². The van der Waals surface area contributed by atoms with Gasteiger partial charge in [-0.05, 0) is 42.7 Å². The highest BCUT2D eigenvalue weighted by Crippen LogP contribution is 2.31. The zero-order chi connectivity index (χ0) is 19.8. The molecule has 0 atom stereocenters. The van der Waals surface area contributed by atoms with Crippen molar-refractivity contribution in [2.45, 2.75) is 20.3 Å². The Morgan fingerprint density at radius 3 is 2.30 bits per heavy atom. The first-order valence-electron chi connectivity index (χ1n) is 8.53. The third-order valence-electron chi connectivity index (χ3n) is 3.87. The van der Waals surface area contributed by atoms with E-state index >= 15 is 0 Å². The number of thioether (sulfide) groups is 1. The van der Waals surface area contributed by atoms with Crippen molar-refractivity contribution in [3.63, 3.8) is 0 Å². The summed E-state index contributed by atoms with van der Waals surface area (Å²) in [6, 6.07) is 11.1. The lowest BCUT2D eigenvalue weighted by Gasteiger charge is -2.12. The molecule has 2 N–H and O–H groups in total. The summed E-state index contributed by atoms with van der Waals surface area (Å²) in [6.45, 7) is 3.93. The minimum atomic E-state index is -0.208. The molecule has 0 aliphatic heterocycles. The topological polar surface area (TPSA) is 67.4 Å². The molecule has 2 rings (SSSR count). The van der Waals surface area contributed by atoms with Gasteiger partial charge in [0.15, 0.2) is 0 Å². The molecular weight excluding hydrogens is 384 g/mol. The molecule has 0 aliphatic carbocycles. The van der Waals surface area contributed by atoms with Crippen molar-refractivity contribution in [3.05, 3.63) is 52.5 Å². The summed E-state index contributed by atoms with van der Waals surface area (Å²) in [5.74, 6) is 0.501. The molecule has 0 unspecified atom stereocenters. The third-order valence-corrected chi connectivity index (χ3v) is 5.21. The van der Waals surface area contributed by atoms with Gasteiger partial charge in [-0.3, -0.25) is 9.59 Å². The molecule has 0 aromatic heterocycles. The fourth-order valence-corrected chi connectivity index (χ4v) is 3.14. The average molecular weight is 407 g/mol. The SMILES string of the molecule is CCc1ccc(NC(=O)CSCC(=O)Nc2cc(C)c(Cl)cc2OC)cc1. The maximum atomic E-state index is 12.1. The molecule has 0 bridgehead atoms. The van der Waals surface area contributed by atoms with Gasteiger partial charge in [-0.1, -0.05) is 30.7 Å². The van der Waals surface area contributed by atoms with Crippen LogP contribution < -0.4 is 15.4 Å². The Kier molecular flexibility index (Phi) is 8.00. The Morgan fingerprint density at radius 1 is 1.07 bits per heavy atom. The number of benzene rings is 2. The second kappa shape index (κ2) is 10.2. The van der Waals surface area contributed by atoms with Gasteiger partial charge in [-0.15, -0.1) is 11.8 Å². The Bertz CT molecular complexity index is 810. The highest BCUT2D eigenvalue weighted by atomic mass is 35.5. The van der Waals surface area contributed by atoms with Crippen LogP contribution in [0.2, 0.25) is 5.02 Å². The van der Waals surface area contributed by atoms with Crippen molar-refractivity contribution in [1.29, 1.82) is 0 Å². The highest BCUT2D eigenvalue weighted by Gasteiger charge is 2.11. The number of nitrogens with one attached hydrogen (secondary N) is 2. The lowest BCUT2D eigenvalue weighted by molar-refractivity contribution is -0.114. The van der Waals surface area contributed by atoms with Gasteiger partial charge >= 0.3 is 0 Å². The number of ether oxygens (including phenoxy) is 1. The van der Waals surface area contributed by atoms with E-state index in [0.29, 0.717) is 16.5 Å². The molecule has 2 aromatic carbocycles. The molecule has 0 fully saturated rings. The van der Waals surface area contributed by atoms with Gasteiger partial charge in [-0.25, -0.2) is 0 Å². The molecule has 0 aliphatic rings. The smallest absolute Gasteiger partial charge is 0.234 e. The number of methoxy groups -OCH3 is 1. The maximum absolute atomic E-state index is 12.1. The molecule has 0 radical (unpaired) electrons. The second-order valence-corrected chi connectivity index (χ2v) is 7.33. The van der Waals surface area contributed by atoms with Crippen LogP contribution >= 0.6 is 23.4 Å². The van der Waals surface area contributed by atoms with Gasteiger partial charge in [0.2, 0.25) is 11.8 Å². The lowest BCUT2D eigenvalue weighted by atomic mass is 10.1. The van der Waals surface area contributed by atoms with Crippen LogP contribution in [0.1, 0.15) is 18.1 Å². The standard InChI is InChI=1S/C20H23ClN2O3S/c1-4-14-5-7-15(8-6-14)22-19(24)11-27-12-20(25)23-17-9-13(2)16(21)10-18(17)26-3/h5-10H,4,11-12H2,1-3H3,(H,22,24)(H,23,25). The zero-order valence-electron chi connectivity index (χ0n) is 15.6. The van der Waals surface area contributed by atoms with Gasteiger partial charge in [0.1, 0.15) is 5.75 Å². The van der Waals surface area contributed by atoms with Gasteiger partial charge in [-0.2, -0.15) is 0 Å². The number of aryl methyl sites for hydroxylation is 2. The Labute approximate surface area is 168 Å². The van der Waals surface area contributed by atoms with E-state index in [1.54, 1.807) is 12.1 Å². The van der Waals surface area contributed by atoms with Crippen LogP contribution in [0.5, 0.6) is 5.75 Å². The first-order chi connectivity index (χ1) is 12.9. The third kappa shape index (κ3) is 6.48. The van der Waals surface area contributed by atoms with Crippen molar-refractivity contribution >= 4 is 46.6 Å². The van der Waals surface area contributed by atoms with Crippen molar-refractivity contribution in [1.82, 2.24) is 0 Å². The number of halogens is 1. The minimum Gasteiger partial charge on any atom is -0.495 e. The van der Waals surface area contributed by atoms with Crippen molar-refractivity contribution < 1.29 is 14.3 Å². The number of hydrogen-bond acceptors (Lipinski definition) is 4. The van der Waals surface area contributed by atoms with Gasteiger partial charge in [0.25, 0.3) is 0 Å². The number of carbonyl (C=O) groups is 2. The van der Waals surface area contributed by atoms with Crippen LogP contribution in [0, 0.1) is 6.92 Å². The summed E-state index contributed by atoms with van der Waals surface area (Å²) in [5, 5.41) is 6.19. The molecule has 27 heavy (non-hydrogen) atoms. The van der Waals surface area contributed by atoms with Crippen LogP contribution in [0.15, 0.2) is 36.4 Å². The molecule has 7 heteroatoms. The van der Waals surface area contributed by atoms with Crippen molar-refractivity contribution in [3.8, 4) is 5.75 Å².